The highest BCUT2D eigenvalue weighted by atomic mass is 32.2. The Morgan fingerprint density at radius 3 is 2.33 bits per heavy atom. The molecule has 5 rings (SSSR count). The number of allylic oxidation sites excluding steroid dienone is 1. The Morgan fingerprint density at radius 1 is 0.933 bits per heavy atom. The van der Waals surface area contributed by atoms with Gasteiger partial charge in [0.2, 0.25) is 21.8 Å². The largest absolute Gasteiger partial charge is 0.497 e. The molecular formula is C45H55N5O9S. The van der Waals surface area contributed by atoms with Crippen LogP contribution in [-0.2, 0) is 29.1 Å². The van der Waals surface area contributed by atoms with E-state index < -0.39 is 63.0 Å². The molecule has 0 aliphatic carbocycles. The van der Waals surface area contributed by atoms with Crippen LogP contribution in [0.5, 0.6) is 17.2 Å². The van der Waals surface area contributed by atoms with Crippen molar-refractivity contribution < 1.29 is 41.8 Å². The first-order valence-corrected chi connectivity index (χ1v) is 21.6. The molecule has 4 aromatic rings. The fourth-order valence-corrected chi connectivity index (χ4v) is 7.65. The quantitative estimate of drug-likeness (QED) is 0.133. The molecular weight excluding hydrogens is 787 g/mol. The summed E-state index contributed by atoms with van der Waals surface area (Å²) >= 11 is 0. The van der Waals surface area contributed by atoms with Gasteiger partial charge in [-0.1, -0.05) is 82.7 Å². The minimum atomic E-state index is -4.05. The maximum absolute atomic E-state index is 14.4. The van der Waals surface area contributed by atoms with E-state index in [1.54, 1.807) is 85.9 Å². The molecule has 0 saturated heterocycles. The second-order valence-corrected chi connectivity index (χ2v) is 18.6. The number of hydrogen-bond acceptors (Lipinski definition) is 10. The monoisotopic (exact) mass is 841 g/mol. The van der Waals surface area contributed by atoms with E-state index in [1.165, 1.54) is 0 Å². The van der Waals surface area contributed by atoms with E-state index in [1.807, 2.05) is 54.6 Å². The average molecular weight is 842 g/mol. The molecule has 60 heavy (non-hydrogen) atoms. The van der Waals surface area contributed by atoms with E-state index in [2.05, 4.69) is 20.7 Å². The zero-order chi connectivity index (χ0) is 43.8. The van der Waals surface area contributed by atoms with E-state index in [-0.39, 0.29) is 18.6 Å². The van der Waals surface area contributed by atoms with Crippen molar-refractivity contribution in [2.45, 2.75) is 97.9 Å². The van der Waals surface area contributed by atoms with Crippen LogP contribution < -0.4 is 30.1 Å². The van der Waals surface area contributed by atoms with E-state index >= 15 is 0 Å². The number of rotatable bonds is 9. The second kappa shape index (κ2) is 19.0. The number of nitrogens with zero attached hydrogens (tertiary/aromatic N) is 1. The number of alkyl carbamates (subject to hydrolysis) is 1. The van der Waals surface area contributed by atoms with Crippen LogP contribution in [0.25, 0.3) is 28.2 Å². The number of carbonyl (C=O) groups excluding carboxylic acids is 4. The average Bonchev–Trinajstić information content (AvgIpc) is 3.17. The molecule has 0 radical (unpaired) electrons. The Morgan fingerprint density at radius 2 is 1.67 bits per heavy atom. The van der Waals surface area contributed by atoms with Gasteiger partial charge in [-0.15, -0.1) is 0 Å². The van der Waals surface area contributed by atoms with Crippen LogP contribution in [-0.4, -0.2) is 67.8 Å². The number of sulfonamides is 1. The van der Waals surface area contributed by atoms with Crippen molar-refractivity contribution in [3.8, 4) is 28.5 Å². The minimum Gasteiger partial charge on any atom is -0.497 e. The number of pyridine rings is 1. The number of carbonyl (C=O) groups is 4. The molecule has 4 N–H and O–H groups in total. The molecule has 2 heterocycles. The smallest absolute Gasteiger partial charge is 0.408 e. The van der Waals surface area contributed by atoms with Crippen molar-refractivity contribution in [2.75, 3.05) is 12.9 Å². The summed E-state index contributed by atoms with van der Waals surface area (Å²) in [6.45, 7) is 12.2. The predicted molar refractivity (Wildman–Crippen MR) is 231 cm³/mol. The van der Waals surface area contributed by atoms with Crippen LogP contribution in [0.1, 0.15) is 91.3 Å². The molecule has 15 heteroatoms. The molecule has 0 saturated carbocycles. The van der Waals surface area contributed by atoms with Crippen LogP contribution in [0.3, 0.4) is 0 Å². The second-order valence-electron chi connectivity index (χ2n) is 16.7. The van der Waals surface area contributed by atoms with Gasteiger partial charge in [0.1, 0.15) is 41.0 Å². The van der Waals surface area contributed by atoms with Gasteiger partial charge in [0.05, 0.1) is 24.1 Å². The number of hydrogen-bond donors (Lipinski definition) is 4. The van der Waals surface area contributed by atoms with Gasteiger partial charge in [-0.3, -0.25) is 19.1 Å². The molecule has 3 atom stereocenters. The van der Waals surface area contributed by atoms with E-state index in [4.69, 9.17) is 19.2 Å². The third-order valence-electron chi connectivity index (χ3n) is 9.52. The number of ether oxygens (including phenoxy) is 3. The lowest BCUT2D eigenvalue weighted by molar-refractivity contribution is -0.133. The van der Waals surface area contributed by atoms with Crippen molar-refractivity contribution >= 4 is 50.8 Å². The van der Waals surface area contributed by atoms with Crippen LogP contribution >= 0.6 is 0 Å². The first-order chi connectivity index (χ1) is 28.3. The van der Waals surface area contributed by atoms with Gasteiger partial charge in [-0.25, -0.2) is 18.2 Å². The van der Waals surface area contributed by atoms with Gasteiger partial charge in [0, 0.05) is 28.6 Å². The molecule has 0 fully saturated rings. The third kappa shape index (κ3) is 12.1. The highest BCUT2D eigenvalue weighted by molar-refractivity contribution is 7.90. The summed E-state index contributed by atoms with van der Waals surface area (Å²) in [5, 5.41) is 8.85. The first-order valence-electron chi connectivity index (χ1n) is 19.9. The molecule has 0 unspecified atom stereocenters. The molecule has 0 spiro atoms. The molecule has 320 valence electrons. The molecule has 1 aromatic heterocycles. The Bertz CT molecular complexity index is 2350. The summed E-state index contributed by atoms with van der Waals surface area (Å²) in [4.78, 5) is 59.8. The van der Waals surface area contributed by atoms with Crippen LogP contribution in [0.2, 0.25) is 0 Å². The molecule has 4 amide bonds. The molecule has 14 nitrogen and oxygen atoms in total. The maximum atomic E-state index is 14.4. The summed E-state index contributed by atoms with van der Waals surface area (Å²) in [6.07, 6.45) is 3.80. The SMILES string of the molecule is CCC[C@@H]1NC(=O)[C@@H](NC(=O)[C@@H](NC(=O)OC(C)(C)C)C(C)(C)C)c2ccc(Oc3cc(-c4ccccc4)nc4cc(OC)ccc34)c(c2)/C=C\CCCS(=O)(=O)NC1=O. The standard InChI is InChI=1S/C45H55N5O9S/c1-9-16-33-40(51)50-60(55,56)24-15-11-14-19-29-25-30(38(41(52)47-33)48-42(53)39(44(2,3)4)49-43(54)59-45(5,6)7)20-23-36(29)58-37-27-34(28-17-12-10-13-18-28)46-35-26-31(57-8)21-22-32(35)37/h10,12-14,17-23,25-27,33,38-39H,9,11,15-16,24H2,1-8H3,(H,47,52)(H,48,53)(H,49,54)(H,50,51)/b19-14-/t33-,38-,39+/m0/s1. The Balaban J connectivity index is 1.63. The Hall–Kier alpha value is -5.96. The molecule has 1 aliphatic rings. The molecule has 1 aliphatic heterocycles. The van der Waals surface area contributed by atoms with E-state index in [0.717, 1.165) is 5.56 Å². The van der Waals surface area contributed by atoms with Gasteiger partial charge < -0.3 is 30.2 Å². The van der Waals surface area contributed by atoms with Gasteiger partial charge in [-0.05, 0) is 75.3 Å². The fraction of sp³-hybridized carbons (Fsp3) is 0.400. The summed E-state index contributed by atoms with van der Waals surface area (Å²) in [5.41, 5.74) is 1.29. The summed E-state index contributed by atoms with van der Waals surface area (Å²) in [5.74, 6) is -1.21. The number of aromatic nitrogens is 1. The zero-order valence-corrected chi connectivity index (χ0v) is 36.2. The maximum Gasteiger partial charge on any atom is 0.408 e. The number of nitrogens with one attached hydrogen (secondary N) is 4. The van der Waals surface area contributed by atoms with Crippen molar-refractivity contribution in [3.63, 3.8) is 0 Å². The third-order valence-corrected chi connectivity index (χ3v) is 10.9. The lowest BCUT2D eigenvalue weighted by Gasteiger charge is -2.33. The number of methoxy groups -OCH3 is 1. The summed E-state index contributed by atoms with van der Waals surface area (Å²) in [7, 11) is -2.47. The van der Waals surface area contributed by atoms with Crippen molar-refractivity contribution in [1.82, 2.24) is 25.7 Å². The Labute approximate surface area is 351 Å². The van der Waals surface area contributed by atoms with Gasteiger partial charge in [0.25, 0.3) is 5.91 Å². The van der Waals surface area contributed by atoms with Crippen molar-refractivity contribution in [1.29, 1.82) is 0 Å². The van der Waals surface area contributed by atoms with Gasteiger partial charge in [0.15, 0.2) is 0 Å². The lowest BCUT2D eigenvalue weighted by Crippen LogP contribution is -2.57. The van der Waals surface area contributed by atoms with Crippen molar-refractivity contribution in [3.05, 3.63) is 90.0 Å². The first kappa shape index (κ1) is 45.1. The van der Waals surface area contributed by atoms with Crippen LogP contribution in [0.4, 0.5) is 4.79 Å². The zero-order valence-electron chi connectivity index (χ0n) is 35.4. The fourth-order valence-electron chi connectivity index (χ4n) is 6.55. The van der Waals surface area contributed by atoms with E-state index in [9.17, 15) is 27.6 Å². The highest BCUT2D eigenvalue weighted by Crippen LogP contribution is 2.37. The van der Waals surface area contributed by atoms with Gasteiger partial charge >= 0.3 is 6.09 Å². The number of benzene rings is 3. The van der Waals surface area contributed by atoms with Crippen molar-refractivity contribution in [2.24, 2.45) is 5.41 Å². The van der Waals surface area contributed by atoms with Crippen LogP contribution in [0, 0.1) is 5.41 Å². The lowest BCUT2D eigenvalue weighted by atomic mass is 9.86. The number of fused-ring (bicyclic) bond motifs is 3. The summed E-state index contributed by atoms with van der Waals surface area (Å²) < 4.78 is 45.7. The van der Waals surface area contributed by atoms with Crippen LogP contribution in [0.15, 0.2) is 78.9 Å². The normalized spacial score (nSPS) is 18.4. The minimum absolute atomic E-state index is 0.120. The molecule has 3 aromatic carbocycles. The Kier molecular flexibility index (Phi) is 14.3. The highest BCUT2D eigenvalue weighted by Gasteiger charge is 2.37. The van der Waals surface area contributed by atoms with E-state index in [0.29, 0.717) is 57.8 Å². The number of amides is 4. The predicted octanol–water partition coefficient (Wildman–Crippen LogP) is 7.34. The topological polar surface area (TPSA) is 191 Å². The van der Waals surface area contributed by atoms with Gasteiger partial charge in [-0.2, -0.15) is 0 Å². The molecule has 2 bridgehead atoms. The summed E-state index contributed by atoms with van der Waals surface area (Å²) in [6, 6.07) is 18.1.